The molecule has 0 saturated heterocycles. The molecule has 116 valence electrons. The lowest BCUT2D eigenvalue weighted by atomic mass is 10.1. The van der Waals surface area contributed by atoms with Crippen LogP contribution in [0.1, 0.15) is 19.4 Å². The number of aliphatic carboxylic acids is 1. The molecule has 1 aromatic carbocycles. The zero-order chi connectivity index (χ0) is 16.1. The van der Waals surface area contributed by atoms with E-state index in [2.05, 4.69) is 18.8 Å². The van der Waals surface area contributed by atoms with Gasteiger partial charge in [0.25, 0.3) is 5.56 Å². The van der Waals surface area contributed by atoms with Crippen molar-refractivity contribution in [3.63, 3.8) is 0 Å². The molecule has 5 heteroatoms. The van der Waals surface area contributed by atoms with Crippen LogP contribution in [0, 0.1) is 5.92 Å². The summed E-state index contributed by atoms with van der Waals surface area (Å²) in [5.41, 5.74) is 1.31. The van der Waals surface area contributed by atoms with Gasteiger partial charge in [-0.25, -0.2) is 0 Å². The van der Waals surface area contributed by atoms with Crippen LogP contribution in [0.2, 0.25) is 0 Å². The van der Waals surface area contributed by atoms with Gasteiger partial charge in [-0.05, 0) is 24.1 Å². The van der Waals surface area contributed by atoms with Crippen molar-refractivity contribution in [1.29, 1.82) is 0 Å². The number of carboxylic acids is 1. The van der Waals surface area contributed by atoms with Crippen LogP contribution < -0.4 is 10.3 Å². The van der Waals surface area contributed by atoms with Gasteiger partial charge in [0.1, 0.15) is 5.75 Å². The maximum atomic E-state index is 11.9. The molecule has 2 N–H and O–H groups in total. The van der Waals surface area contributed by atoms with Gasteiger partial charge in [0.05, 0.1) is 13.0 Å². The fraction of sp³-hybridized carbons (Fsp3) is 0.294. The molecule has 0 spiro atoms. The van der Waals surface area contributed by atoms with Crippen molar-refractivity contribution in [2.45, 2.75) is 20.3 Å². The summed E-state index contributed by atoms with van der Waals surface area (Å²) < 4.78 is 5.67. The average molecular weight is 301 g/mol. The van der Waals surface area contributed by atoms with Crippen LogP contribution in [-0.2, 0) is 11.2 Å². The maximum absolute atomic E-state index is 11.9. The highest BCUT2D eigenvalue weighted by atomic mass is 16.5. The second-order valence-corrected chi connectivity index (χ2v) is 5.53. The average Bonchev–Trinajstić information content (AvgIpc) is 2.47. The van der Waals surface area contributed by atoms with E-state index in [4.69, 9.17) is 9.84 Å². The van der Waals surface area contributed by atoms with Crippen molar-refractivity contribution in [2.24, 2.45) is 5.92 Å². The number of carboxylic acid groups (broad SMARTS) is 1. The van der Waals surface area contributed by atoms with Crippen molar-refractivity contribution in [2.75, 3.05) is 6.61 Å². The summed E-state index contributed by atoms with van der Waals surface area (Å²) in [5.74, 6) is 0.141. The molecule has 1 aromatic heterocycles. The van der Waals surface area contributed by atoms with Gasteiger partial charge in [0.2, 0.25) is 0 Å². The molecule has 1 heterocycles. The smallest absolute Gasteiger partial charge is 0.308 e. The van der Waals surface area contributed by atoms with Gasteiger partial charge in [-0.2, -0.15) is 0 Å². The van der Waals surface area contributed by atoms with Gasteiger partial charge in [-0.15, -0.1) is 0 Å². The fourth-order valence-corrected chi connectivity index (χ4v) is 1.99. The summed E-state index contributed by atoms with van der Waals surface area (Å²) in [5, 5.41) is 8.75. The molecule has 0 aliphatic rings. The van der Waals surface area contributed by atoms with E-state index in [-0.39, 0.29) is 17.5 Å². The minimum absolute atomic E-state index is 0.239. The molecular weight excluding hydrogens is 282 g/mol. The van der Waals surface area contributed by atoms with Crippen LogP contribution in [0.15, 0.2) is 41.2 Å². The van der Waals surface area contributed by atoms with Gasteiger partial charge in [0.15, 0.2) is 0 Å². The van der Waals surface area contributed by atoms with Gasteiger partial charge in [0, 0.05) is 16.8 Å². The second kappa shape index (κ2) is 6.93. The molecule has 0 amide bonds. The lowest BCUT2D eigenvalue weighted by Gasteiger charge is -2.10. The van der Waals surface area contributed by atoms with E-state index in [0.29, 0.717) is 18.2 Å². The predicted molar refractivity (Wildman–Crippen MR) is 84.2 cm³/mol. The van der Waals surface area contributed by atoms with Crippen molar-refractivity contribution >= 4 is 5.97 Å². The molecule has 0 aliphatic carbocycles. The van der Waals surface area contributed by atoms with Crippen molar-refractivity contribution in [3.05, 3.63) is 52.3 Å². The van der Waals surface area contributed by atoms with Crippen LogP contribution >= 0.6 is 0 Å². The highest BCUT2D eigenvalue weighted by molar-refractivity contribution is 5.70. The molecule has 22 heavy (non-hydrogen) atoms. The second-order valence-electron chi connectivity index (χ2n) is 5.53. The Morgan fingerprint density at radius 3 is 2.68 bits per heavy atom. The van der Waals surface area contributed by atoms with Gasteiger partial charge < -0.3 is 14.8 Å². The molecule has 5 nitrogen and oxygen atoms in total. The molecule has 0 bridgehead atoms. The van der Waals surface area contributed by atoms with E-state index in [1.807, 2.05) is 24.3 Å². The minimum Gasteiger partial charge on any atom is -0.493 e. The van der Waals surface area contributed by atoms with Crippen molar-refractivity contribution in [1.82, 2.24) is 4.98 Å². The van der Waals surface area contributed by atoms with E-state index < -0.39 is 5.97 Å². The molecule has 0 radical (unpaired) electrons. The zero-order valence-corrected chi connectivity index (χ0v) is 12.6. The van der Waals surface area contributed by atoms with Crippen molar-refractivity contribution < 1.29 is 14.6 Å². The monoisotopic (exact) mass is 301 g/mol. The fourth-order valence-electron chi connectivity index (χ4n) is 1.99. The summed E-state index contributed by atoms with van der Waals surface area (Å²) in [7, 11) is 0. The number of pyridine rings is 1. The molecule has 0 saturated carbocycles. The van der Waals surface area contributed by atoms with E-state index in [1.165, 1.54) is 0 Å². The van der Waals surface area contributed by atoms with Crippen LogP contribution in [0.3, 0.4) is 0 Å². The number of carbonyl (C=O) groups is 1. The molecule has 0 unspecified atom stereocenters. The number of nitrogens with one attached hydrogen (secondary N) is 1. The van der Waals surface area contributed by atoms with Crippen LogP contribution in [0.25, 0.3) is 11.3 Å². The minimum atomic E-state index is -1.03. The SMILES string of the molecule is CC(C)COc1cccc(-c2ccc(CC(=O)O)c(=O)[nH]2)c1. The topological polar surface area (TPSA) is 79.4 Å². The molecule has 0 fully saturated rings. The standard InChI is InChI=1S/C17H19NO4/c1-11(2)10-22-14-5-3-4-12(8-14)15-7-6-13(9-16(19)20)17(21)18-15/h3-8,11H,9-10H2,1-2H3,(H,18,21)(H,19,20). The van der Waals surface area contributed by atoms with Crippen LogP contribution in [-0.4, -0.2) is 22.7 Å². The molecule has 0 aliphatic heterocycles. The number of rotatable bonds is 6. The quantitative estimate of drug-likeness (QED) is 0.859. The first kappa shape index (κ1) is 15.8. The molecule has 0 atom stereocenters. The van der Waals surface area contributed by atoms with E-state index in [0.717, 1.165) is 11.3 Å². The van der Waals surface area contributed by atoms with Gasteiger partial charge in [-0.1, -0.05) is 32.0 Å². The summed E-state index contributed by atoms with van der Waals surface area (Å²) in [6.45, 7) is 4.77. The first-order valence-electron chi connectivity index (χ1n) is 7.13. The molecular formula is C17H19NO4. The first-order valence-corrected chi connectivity index (χ1v) is 7.13. The van der Waals surface area contributed by atoms with Crippen LogP contribution in [0.4, 0.5) is 0 Å². The number of ether oxygens (including phenoxy) is 1. The number of hydrogen-bond acceptors (Lipinski definition) is 3. The van der Waals surface area contributed by atoms with E-state index in [1.54, 1.807) is 12.1 Å². The number of aromatic amines is 1. The van der Waals surface area contributed by atoms with Gasteiger partial charge in [-0.3, -0.25) is 9.59 Å². The largest absolute Gasteiger partial charge is 0.493 e. The summed E-state index contributed by atoms with van der Waals surface area (Å²) in [6, 6.07) is 10.7. The Balaban J connectivity index is 2.24. The third-order valence-electron chi connectivity index (χ3n) is 3.06. The van der Waals surface area contributed by atoms with Crippen molar-refractivity contribution in [3.8, 4) is 17.0 Å². The highest BCUT2D eigenvalue weighted by Gasteiger charge is 2.07. The third-order valence-corrected chi connectivity index (χ3v) is 3.06. The maximum Gasteiger partial charge on any atom is 0.308 e. The van der Waals surface area contributed by atoms with E-state index in [9.17, 15) is 9.59 Å². The normalized spacial score (nSPS) is 10.7. The number of benzene rings is 1. The summed E-state index contributed by atoms with van der Waals surface area (Å²) in [6.07, 6.45) is -0.285. The number of hydrogen-bond donors (Lipinski definition) is 2. The Morgan fingerprint density at radius 2 is 2.05 bits per heavy atom. The Kier molecular flexibility index (Phi) is 4.99. The summed E-state index contributed by atoms with van der Waals surface area (Å²) >= 11 is 0. The molecule has 2 rings (SSSR count). The predicted octanol–water partition coefficient (Wildman–Crippen LogP) is 2.70. The number of aromatic nitrogens is 1. The molecule has 2 aromatic rings. The Morgan fingerprint density at radius 1 is 1.27 bits per heavy atom. The lowest BCUT2D eigenvalue weighted by molar-refractivity contribution is -0.136. The van der Waals surface area contributed by atoms with Crippen LogP contribution in [0.5, 0.6) is 5.75 Å². The highest BCUT2D eigenvalue weighted by Crippen LogP contribution is 2.22. The third kappa shape index (κ3) is 4.22. The Bertz CT molecular complexity index is 719. The Labute approximate surface area is 128 Å². The number of H-pyrrole nitrogens is 1. The first-order chi connectivity index (χ1) is 10.5. The lowest BCUT2D eigenvalue weighted by Crippen LogP contribution is -2.16. The Hall–Kier alpha value is -2.56. The van der Waals surface area contributed by atoms with E-state index >= 15 is 0 Å². The summed E-state index contributed by atoms with van der Waals surface area (Å²) in [4.78, 5) is 25.3. The van der Waals surface area contributed by atoms with Gasteiger partial charge >= 0.3 is 5.97 Å². The zero-order valence-electron chi connectivity index (χ0n) is 12.6.